The second-order valence-corrected chi connectivity index (χ2v) is 15.2. The molecule has 0 radical (unpaired) electrons. The number of fused-ring (bicyclic) bond motifs is 12. The zero-order valence-electron chi connectivity index (χ0n) is 32.8. The molecule has 4 nitrogen and oxygen atoms in total. The number of ether oxygens (including phenoxy) is 1. The first kappa shape index (κ1) is 34.7. The number of hydrogen-bond donors (Lipinski definition) is 0. The lowest BCUT2D eigenvalue weighted by molar-refractivity contribution is 0.436. The van der Waals surface area contributed by atoms with Crippen molar-refractivity contribution in [2.45, 2.75) is 19.3 Å². The number of benzene rings is 8. The van der Waals surface area contributed by atoms with Crippen LogP contribution in [0.15, 0.2) is 210 Å². The summed E-state index contributed by atoms with van der Waals surface area (Å²) in [6.45, 7) is 4.10. The number of aliphatic imine (C=N–C) groups is 2. The van der Waals surface area contributed by atoms with Gasteiger partial charge in [-0.15, -0.1) is 0 Å². The predicted octanol–water partition coefficient (Wildman–Crippen LogP) is 13.6. The number of rotatable bonds is 5. The van der Waals surface area contributed by atoms with Crippen molar-refractivity contribution in [2.24, 2.45) is 9.98 Å². The molecule has 1 spiro atoms. The van der Waals surface area contributed by atoms with E-state index in [9.17, 15) is 0 Å². The van der Waals surface area contributed by atoms with Crippen LogP contribution >= 0.6 is 0 Å². The van der Waals surface area contributed by atoms with Crippen LogP contribution in [-0.4, -0.2) is 16.1 Å². The number of aromatic nitrogens is 1. The highest BCUT2D eigenvalue weighted by Crippen LogP contribution is 2.63. The van der Waals surface area contributed by atoms with Gasteiger partial charge >= 0.3 is 0 Å². The largest absolute Gasteiger partial charge is 0.457 e. The normalized spacial score (nSPS) is 14.2. The molecule has 0 saturated heterocycles. The van der Waals surface area contributed by atoms with E-state index in [2.05, 4.69) is 200 Å². The van der Waals surface area contributed by atoms with Gasteiger partial charge in [-0.1, -0.05) is 152 Å². The topological polar surface area (TPSA) is 38.9 Å². The predicted molar refractivity (Wildman–Crippen MR) is 243 cm³/mol. The Balaban J connectivity index is 1.24. The molecule has 0 unspecified atom stereocenters. The van der Waals surface area contributed by atoms with Gasteiger partial charge in [0.1, 0.15) is 11.5 Å². The van der Waals surface area contributed by atoms with E-state index in [4.69, 9.17) is 14.7 Å². The van der Waals surface area contributed by atoms with E-state index >= 15 is 0 Å². The molecule has 0 amide bonds. The van der Waals surface area contributed by atoms with Gasteiger partial charge in [-0.2, -0.15) is 0 Å². The van der Waals surface area contributed by atoms with Crippen LogP contribution in [0.5, 0.6) is 11.5 Å². The third-order valence-corrected chi connectivity index (χ3v) is 12.0. The minimum atomic E-state index is -0.704. The summed E-state index contributed by atoms with van der Waals surface area (Å²) in [5.74, 6) is 2.36. The van der Waals surface area contributed by atoms with Crippen LogP contribution in [0, 0.1) is 0 Å². The van der Waals surface area contributed by atoms with Crippen molar-refractivity contribution in [3.05, 3.63) is 239 Å². The van der Waals surface area contributed by atoms with Crippen molar-refractivity contribution < 1.29 is 4.74 Å². The fraction of sp³-hybridized carbons (Fsp3) is 0.0545. The number of nitrogens with zero attached hydrogens (tertiary/aromatic N) is 3. The molecule has 8 aromatic carbocycles. The van der Waals surface area contributed by atoms with Gasteiger partial charge in [0, 0.05) is 38.9 Å². The molecule has 1 aliphatic carbocycles. The molecule has 280 valence electrons. The molecule has 0 N–H and O–H groups in total. The number of para-hydroxylation sites is 4. The Labute approximate surface area is 343 Å². The molecular weight excluding hydrogens is 719 g/mol. The van der Waals surface area contributed by atoms with Gasteiger partial charge in [-0.3, -0.25) is 0 Å². The summed E-state index contributed by atoms with van der Waals surface area (Å²) in [7, 11) is 0. The van der Waals surface area contributed by atoms with E-state index in [1.54, 1.807) is 0 Å². The van der Waals surface area contributed by atoms with Crippen LogP contribution in [0.4, 0.5) is 0 Å². The summed E-state index contributed by atoms with van der Waals surface area (Å²) in [5.41, 5.74) is 14.6. The fourth-order valence-electron chi connectivity index (χ4n) is 9.43. The SMILES string of the molecule is C/C=C(/N=C(N=C(C)c1ccccc1)c1ccc2c(c1)C1(c3ccccc3Oc3ccccc31)c1cc3c(cc1-2)c1ccccc1n3-c1ccccc1)c1ccccc1. The Kier molecular flexibility index (Phi) is 8.12. The Morgan fingerprint density at radius 1 is 0.492 bits per heavy atom. The van der Waals surface area contributed by atoms with E-state index in [-0.39, 0.29) is 0 Å². The lowest BCUT2D eigenvalue weighted by Gasteiger charge is -2.39. The zero-order chi connectivity index (χ0) is 39.5. The van der Waals surface area contributed by atoms with Crippen LogP contribution in [0.2, 0.25) is 0 Å². The van der Waals surface area contributed by atoms with Gasteiger partial charge < -0.3 is 9.30 Å². The fourth-order valence-corrected chi connectivity index (χ4v) is 9.43. The quantitative estimate of drug-likeness (QED) is 0.127. The van der Waals surface area contributed by atoms with Gasteiger partial charge in [0.05, 0.1) is 22.1 Å². The monoisotopic (exact) mass is 757 g/mol. The average molecular weight is 758 g/mol. The minimum Gasteiger partial charge on any atom is -0.457 e. The Bertz CT molecular complexity index is 3150. The first-order chi connectivity index (χ1) is 29.1. The minimum absolute atomic E-state index is 0.650. The summed E-state index contributed by atoms with van der Waals surface area (Å²) in [5, 5.41) is 2.44. The van der Waals surface area contributed by atoms with Gasteiger partial charge in [-0.25, -0.2) is 9.98 Å². The van der Waals surface area contributed by atoms with E-state index in [1.807, 2.05) is 19.1 Å². The number of hydrogen-bond acceptors (Lipinski definition) is 2. The van der Waals surface area contributed by atoms with E-state index in [0.29, 0.717) is 5.84 Å². The highest BCUT2D eigenvalue weighted by atomic mass is 16.5. The molecular formula is C55H39N3O. The molecule has 0 bridgehead atoms. The second kappa shape index (κ2) is 13.8. The first-order valence-corrected chi connectivity index (χ1v) is 20.2. The van der Waals surface area contributed by atoms with Crippen molar-refractivity contribution in [3.8, 4) is 28.3 Å². The third kappa shape index (κ3) is 5.37. The van der Waals surface area contributed by atoms with Gasteiger partial charge in [-0.05, 0) is 95.8 Å². The zero-order valence-corrected chi connectivity index (χ0v) is 32.8. The molecule has 1 aliphatic heterocycles. The highest BCUT2D eigenvalue weighted by Gasteiger charge is 2.51. The molecule has 0 saturated carbocycles. The molecule has 0 fully saturated rings. The lowest BCUT2D eigenvalue weighted by Crippen LogP contribution is -2.32. The highest BCUT2D eigenvalue weighted by molar-refractivity contribution is 6.14. The molecule has 1 aromatic heterocycles. The Morgan fingerprint density at radius 3 is 1.78 bits per heavy atom. The number of amidine groups is 1. The first-order valence-electron chi connectivity index (χ1n) is 20.2. The lowest BCUT2D eigenvalue weighted by atomic mass is 9.66. The van der Waals surface area contributed by atoms with Crippen LogP contribution in [-0.2, 0) is 5.41 Å². The van der Waals surface area contributed by atoms with Crippen molar-refractivity contribution in [3.63, 3.8) is 0 Å². The molecule has 11 rings (SSSR count). The summed E-state index contributed by atoms with van der Waals surface area (Å²) >= 11 is 0. The van der Waals surface area contributed by atoms with E-state index in [1.165, 1.54) is 38.5 Å². The average Bonchev–Trinajstić information content (AvgIpc) is 3.77. The molecule has 4 heteroatoms. The molecule has 9 aromatic rings. The summed E-state index contributed by atoms with van der Waals surface area (Å²) in [4.78, 5) is 10.7. The maximum atomic E-state index is 6.76. The molecule has 2 aliphatic rings. The van der Waals surface area contributed by atoms with Gasteiger partial charge in [0.2, 0.25) is 0 Å². The number of allylic oxidation sites excluding steroid dienone is 1. The van der Waals surface area contributed by atoms with Crippen molar-refractivity contribution in [1.29, 1.82) is 0 Å². The van der Waals surface area contributed by atoms with Gasteiger partial charge in [0.15, 0.2) is 5.84 Å². The molecule has 0 atom stereocenters. The molecule has 59 heavy (non-hydrogen) atoms. The maximum Gasteiger partial charge on any atom is 0.160 e. The summed E-state index contributed by atoms with van der Waals surface area (Å²) in [6, 6.07) is 69.0. The summed E-state index contributed by atoms with van der Waals surface area (Å²) < 4.78 is 9.17. The van der Waals surface area contributed by atoms with E-state index < -0.39 is 5.41 Å². The standard InChI is InChI=1S/C55H39N3O/c1-3-49(38-21-9-5-10-22-38)57-54(56-36(2)37-19-7-4-8-20-37)39-31-32-41-43-34-44-42-25-13-16-28-50(42)58(40-23-11-6-12-24-40)51(44)35-48(43)55(47(41)33-39)45-26-14-17-29-52(45)59-53-30-18-15-27-46(53)55/h3-35H,1-2H3/b49-3+,56-36?,57-54?. The van der Waals surface area contributed by atoms with Crippen LogP contribution < -0.4 is 4.74 Å². The Morgan fingerprint density at radius 2 is 1.08 bits per heavy atom. The van der Waals surface area contributed by atoms with Crippen LogP contribution in [0.3, 0.4) is 0 Å². The van der Waals surface area contributed by atoms with Gasteiger partial charge in [0.25, 0.3) is 0 Å². The molecule has 2 heterocycles. The van der Waals surface area contributed by atoms with Crippen LogP contribution in [0.25, 0.3) is 44.3 Å². The van der Waals surface area contributed by atoms with Crippen molar-refractivity contribution in [2.75, 3.05) is 0 Å². The Hall–Kier alpha value is -7.56. The third-order valence-electron chi connectivity index (χ3n) is 12.0. The second-order valence-electron chi connectivity index (χ2n) is 15.2. The van der Waals surface area contributed by atoms with E-state index in [0.717, 1.165) is 61.9 Å². The maximum absolute atomic E-state index is 6.76. The smallest absolute Gasteiger partial charge is 0.160 e. The van der Waals surface area contributed by atoms with Crippen LogP contribution in [0.1, 0.15) is 52.8 Å². The summed E-state index contributed by atoms with van der Waals surface area (Å²) in [6.07, 6.45) is 2.07. The van der Waals surface area contributed by atoms with Crippen molar-refractivity contribution >= 4 is 39.1 Å². The van der Waals surface area contributed by atoms with Crippen molar-refractivity contribution in [1.82, 2.24) is 4.57 Å².